The Hall–Kier alpha value is -1.00. The number of amides is 1. The fourth-order valence-corrected chi connectivity index (χ4v) is 2.41. The number of carbonyl (C=O) groups is 1. The maximum atomic E-state index is 11.2. The second kappa shape index (κ2) is 5.37. The summed E-state index contributed by atoms with van der Waals surface area (Å²) in [7, 11) is 0. The quantitative estimate of drug-likeness (QED) is 0.821. The molecule has 0 atom stereocenters. The summed E-state index contributed by atoms with van der Waals surface area (Å²) in [6.07, 6.45) is 0. The third-order valence-corrected chi connectivity index (χ3v) is 3.48. The van der Waals surface area contributed by atoms with Crippen molar-refractivity contribution in [1.82, 2.24) is 0 Å². The minimum atomic E-state index is -0.372. The third kappa shape index (κ3) is 4.24. The maximum absolute atomic E-state index is 11.2. The van der Waals surface area contributed by atoms with Gasteiger partial charge in [-0.05, 0) is 25.5 Å². The molecule has 0 bridgehead atoms. The van der Waals surface area contributed by atoms with Crippen LogP contribution in [0, 0.1) is 0 Å². The number of hydrogen-bond donors (Lipinski definition) is 2. The van der Waals surface area contributed by atoms with E-state index in [9.17, 15) is 4.79 Å². The second-order valence-electron chi connectivity index (χ2n) is 4.50. The van der Waals surface area contributed by atoms with Gasteiger partial charge in [0.05, 0.1) is 0 Å². The van der Waals surface area contributed by atoms with Crippen molar-refractivity contribution in [3.63, 3.8) is 0 Å². The highest BCUT2D eigenvalue weighted by Gasteiger charge is 2.12. The van der Waals surface area contributed by atoms with Crippen LogP contribution in [-0.4, -0.2) is 17.2 Å². The normalized spacial score (nSPS) is 11.4. The Bertz CT molecular complexity index is 372. The number of nitrogens with two attached hydrogens (primary N) is 2. The van der Waals surface area contributed by atoms with Crippen molar-refractivity contribution in [2.45, 2.75) is 25.1 Å². The Morgan fingerprint density at radius 3 is 2.56 bits per heavy atom. The molecule has 0 unspecified atom stereocenters. The van der Waals surface area contributed by atoms with Gasteiger partial charge in [0.25, 0.3) is 0 Å². The first-order chi connectivity index (χ1) is 7.40. The molecule has 0 aliphatic carbocycles. The molecule has 0 heterocycles. The molecule has 0 saturated carbocycles. The van der Waals surface area contributed by atoms with Crippen molar-refractivity contribution in [1.29, 1.82) is 0 Å². The summed E-state index contributed by atoms with van der Waals surface area (Å²) in [5.41, 5.74) is 12.6. The highest BCUT2D eigenvalue weighted by atomic mass is 32.2. The van der Waals surface area contributed by atoms with Crippen molar-refractivity contribution >= 4 is 17.7 Å². The Labute approximate surface area is 101 Å². The predicted octanol–water partition coefficient (Wildman–Crippen LogP) is 1.76. The lowest BCUT2D eigenvalue weighted by Crippen LogP contribution is -2.34. The van der Waals surface area contributed by atoms with Crippen LogP contribution in [0.1, 0.15) is 29.8 Å². The van der Waals surface area contributed by atoms with Crippen molar-refractivity contribution in [3.8, 4) is 0 Å². The van der Waals surface area contributed by atoms with E-state index in [1.807, 2.05) is 32.0 Å². The standard InChI is InChI=1S/C12H18N2OS/c1-12(2,14)8-16-7-9-5-3-4-6-10(9)11(13)15/h3-6H,7-8,14H2,1-2H3,(H2,13,15). The van der Waals surface area contributed by atoms with E-state index in [-0.39, 0.29) is 11.4 Å². The van der Waals surface area contributed by atoms with Crippen molar-refractivity contribution in [2.24, 2.45) is 11.5 Å². The molecule has 0 aromatic heterocycles. The number of benzene rings is 1. The van der Waals surface area contributed by atoms with Gasteiger partial charge < -0.3 is 11.5 Å². The zero-order chi connectivity index (χ0) is 12.2. The van der Waals surface area contributed by atoms with E-state index < -0.39 is 0 Å². The number of carbonyl (C=O) groups excluding carboxylic acids is 1. The van der Waals surface area contributed by atoms with E-state index in [2.05, 4.69) is 0 Å². The molecule has 16 heavy (non-hydrogen) atoms. The zero-order valence-electron chi connectivity index (χ0n) is 9.69. The van der Waals surface area contributed by atoms with Crippen LogP contribution in [-0.2, 0) is 5.75 Å². The van der Waals surface area contributed by atoms with E-state index in [1.165, 1.54) is 0 Å². The Morgan fingerprint density at radius 2 is 2.00 bits per heavy atom. The molecule has 4 heteroatoms. The van der Waals surface area contributed by atoms with Gasteiger partial charge in [0, 0.05) is 22.6 Å². The number of rotatable bonds is 5. The monoisotopic (exact) mass is 238 g/mol. The lowest BCUT2D eigenvalue weighted by molar-refractivity contribution is 0.0999. The Morgan fingerprint density at radius 1 is 1.38 bits per heavy atom. The fraction of sp³-hybridized carbons (Fsp3) is 0.417. The van der Waals surface area contributed by atoms with Crippen LogP contribution in [0.15, 0.2) is 24.3 Å². The Balaban J connectivity index is 2.64. The topological polar surface area (TPSA) is 69.1 Å². The highest BCUT2D eigenvalue weighted by molar-refractivity contribution is 7.98. The minimum Gasteiger partial charge on any atom is -0.366 e. The molecule has 0 radical (unpaired) electrons. The average molecular weight is 238 g/mol. The SMILES string of the molecule is CC(C)(N)CSCc1ccccc1C(N)=O. The fourth-order valence-electron chi connectivity index (χ4n) is 1.31. The molecule has 1 amide bonds. The molecule has 0 aliphatic rings. The molecule has 88 valence electrons. The van der Waals surface area contributed by atoms with Crippen molar-refractivity contribution < 1.29 is 4.79 Å². The molecule has 0 fully saturated rings. The first-order valence-electron chi connectivity index (χ1n) is 5.14. The maximum Gasteiger partial charge on any atom is 0.249 e. The molecule has 1 aromatic carbocycles. The van der Waals surface area contributed by atoms with Crippen LogP contribution in [0.3, 0.4) is 0 Å². The minimum absolute atomic E-state index is 0.188. The molecule has 1 aromatic rings. The summed E-state index contributed by atoms with van der Waals surface area (Å²) in [6.45, 7) is 3.97. The highest BCUT2D eigenvalue weighted by Crippen LogP contribution is 2.19. The molecule has 3 nitrogen and oxygen atoms in total. The summed E-state index contributed by atoms with van der Waals surface area (Å²) in [6, 6.07) is 7.42. The van der Waals surface area contributed by atoms with Crippen LogP contribution in [0.4, 0.5) is 0 Å². The van der Waals surface area contributed by atoms with Gasteiger partial charge in [-0.15, -0.1) is 0 Å². The van der Waals surface area contributed by atoms with Crippen LogP contribution >= 0.6 is 11.8 Å². The Kier molecular flexibility index (Phi) is 4.38. The number of hydrogen-bond acceptors (Lipinski definition) is 3. The summed E-state index contributed by atoms with van der Waals surface area (Å²) < 4.78 is 0. The molecular weight excluding hydrogens is 220 g/mol. The van der Waals surface area contributed by atoms with Gasteiger partial charge in [0.2, 0.25) is 5.91 Å². The van der Waals surface area contributed by atoms with Crippen LogP contribution in [0.2, 0.25) is 0 Å². The number of thioether (sulfide) groups is 1. The molecule has 0 aliphatic heterocycles. The summed E-state index contributed by atoms with van der Waals surface area (Å²) in [5, 5.41) is 0. The van der Waals surface area contributed by atoms with Gasteiger partial charge in [0.15, 0.2) is 0 Å². The van der Waals surface area contributed by atoms with Gasteiger partial charge >= 0.3 is 0 Å². The first-order valence-corrected chi connectivity index (χ1v) is 6.30. The second-order valence-corrected chi connectivity index (χ2v) is 5.49. The van der Waals surface area contributed by atoms with Gasteiger partial charge in [-0.2, -0.15) is 11.8 Å². The summed E-state index contributed by atoms with van der Waals surface area (Å²) in [5.74, 6) is 1.24. The predicted molar refractivity (Wildman–Crippen MR) is 69.4 cm³/mol. The summed E-state index contributed by atoms with van der Waals surface area (Å²) >= 11 is 1.71. The van der Waals surface area contributed by atoms with E-state index >= 15 is 0 Å². The molecule has 4 N–H and O–H groups in total. The van der Waals surface area contributed by atoms with E-state index in [0.717, 1.165) is 17.1 Å². The molecule has 1 rings (SSSR count). The smallest absolute Gasteiger partial charge is 0.249 e. The molecular formula is C12H18N2OS. The van der Waals surface area contributed by atoms with Crippen molar-refractivity contribution in [3.05, 3.63) is 35.4 Å². The van der Waals surface area contributed by atoms with E-state index in [4.69, 9.17) is 11.5 Å². The van der Waals surface area contributed by atoms with Gasteiger partial charge in [-0.3, -0.25) is 4.79 Å². The van der Waals surface area contributed by atoms with Crippen LogP contribution in [0.5, 0.6) is 0 Å². The van der Waals surface area contributed by atoms with E-state index in [0.29, 0.717) is 5.56 Å². The zero-order valence-corrected chi connectivity index (χ0v) is 10.5. The largest absolute Gasteiger partial charge is 0.366 e. The van der Waals surface area contributed by atoms with Gasteiger partial charge in [-0.25, -0.2) is 0 Å². The number of primary amides is 1. The van der Waals surface area contributed by atoms with Crippen LogP contribution < -0.4 is 11.5 Å². The lowest BCUT2D eigenvalue weighted by atomic mass is 10.1. The average Bonchev–Trinajstić information content (AvgIpc) is 2.16. The van der Waals surface area contributed by atoms with Gasteiger partial charge in [0.1, 0.15) is 0 Å². The lowest BCUT2D eigenvalue weighted by Gasteiger charge is -2.17. The third-order valence-electron chi connectivity index (χ3n) is 2.01. The summed E-state index contributed by atoms with van der Waals surface area (Å²) in [4.78, 5) is 11.2. The van der Waals surface area contributed by atoms with Crippen molar-refractivity contribution in [2.75, 3.05) is 5.75 Å². The van der Waals surface area contributed by atoms with Gasteiger partial charge in [-0.1, -0.05) is 18.2 Å². The molecule has 0 saturated heterocycles. The van der Waals surface area contributed by atoms with Crippen LogP contribution in [0.25, 0.3) is 0 Å². The first kappa shape index (κ1) is 13.1. The van der Waals surface area contributed by atoms with E-state index in [1.54, 1.807) is 17.8 Å². The molecule has 0 spiro atoms.